The van der Waals surface area contributed by atoms with Gasteiger partial charge in [-0.2, -0.15) is 4.98 Å². The molecule has 128 valence electrons. The van der Waals surface area contributed by atoms with E-state index < -0.39 is 0 Å². The van der Waals surface area contributed by atoms with Gasteiger partial charge in [-0.1, -0.05) is 40.7 Å². The van der Waals surface area contributed by atoms with Gasteiger partial charge >= 0.3 is 0 Å². The van der Waals surface area contributed by atoms with Crippen molar-refractivity contribution in [1.82, 2.24) is 24.9 Å². The zero-order chi connectivity index (χ0) is 16.8. The Morgan fingerprint density at radius 3 is 2.76 bits per heavy atom. The number of thioether (sulfide) groups is 1. The first kappa shape index (κ1) is 15.4. The van der Waals surface area contributed by atoms with Crippen molar-refractivity contribution < 1.29 is 4.52 Å². The van der Waals surface area contributed by atoms with Gasteiger partial charge in [0.05, 0.1) is 16.3 Å². The summed E-state index contributed by atoms with van der Waals surface area (Å²) in [6.45, 7) is 0. The van der Waals surface area contributed by atoms with E-state index in [9.17, 15) is 0 Å². The average Bonchev–Trinajstić information content (AvgIpc) is 3.55. The largest absolute Gasteiger partial charge is 0.334 e. The van der Waals surface area contributed by atoms with Gasteiger partial charge in [0.25, 0.3) is 5.89 Å². The maximum atomic E-state index is 6.19. The molecule has 0 aliphatic heterocycles. The van der Waals surface area contributed by atoms with Gasteiger partial charge in [0.15, 0.2) is 11.0 Å². The van der Waals surface area contributed by atoms with Crippen molar-refractivity contribution in [2.24, 2.45) is 0 Å². The van der Waals surface area contributed by atoms with Crippen LogP contribution in [0.1, 0.15) is 49.3 Å². The third kappa shape index (κ3) is 3.06. The van der Waals surface area contributed by atoms with Crippen LogP contribution < -0.4 is 0 Å². The maximum Gasteiger partial charge on any atom is 0.259 e. The van der Waals surface area contributed by atoms with Crippen LogP contribution in [0.15, 0.2) is 33.9 Å². The minimum Gasteiger partial charge on any atom is -0.334 e. The SMILES string of the molecule is Clc1ccccc1-c1nc(CSc2nnc(C3CC3)n2C2CC2)no1. The molecule has 3 aromatic rings. The molecule has 2 aliphatic carbocycles. The molecule has 0 unspecified atom stereocenters. The zero-order valence-corrected chi connectivity index (χ0v) is 15.0. The molecular formula is C17H16ClN5OS. The molecule has 0 spiro atoms. The first-order chi connectivity index (χ1) is 12.3. The van der Waals surface area contributed by atoms with Crippen LogP contribution in [-0.4, -0.2) is 24.9 Å². The highest BCUT2D eigenvalue weighted by atomic mass is 35.5. The second-order valence-corrected chi connectivity index (χ2v) is 7.85. The van der Waals surface area contributed by atoms with Gasteiger partial charge in [0.1, 0.15) is 5.82 Å². The third-order valence-corrected chi connectivity index (χ3v) is 5.72. The number of aromatic nitrogens is 5. The molecule has 1 aromatic carbocycles. The summed E-state index contributed by atoms with van der Waals surface area (Å²) in [4.78, 5) is 4.46. The average molecular weight is 374 g/mol. The molecule has 0 saturated heterocycles. The Kier molecular flexibility index (Phi) is 3.78. The summed E-state index contributed by atoms with van der Waals surface area (Å²) in [5, 5.41) is 14.5. The number of rotatable bonds is 6. The van der Waals surface area contributed by atoms with E-state index in [-0.39, 0.29) is 0 Å². The van der Waals surface area contributed by atoms with Gasteiger partial charge in [0.2, 0.25) is 0 Å². The molecule has 6 nitrogen and oxygen atoms in total. The van der Waals surface area contributed by atoms with Crippen LogP contribution in [0.3, 0.4) is 0 Å². The minimum absolute atomic E-state index is 0.448. The molecule has 2 fully saturated rings. The van der Waals surface area contributed by atoms with Crippen LogP contribution in [-0.2, 0) is 5.75 Å². The highest BCUT2D eigenvalue weighted by Gasteiger charge is 2.36. The standard InChI is InChI=1S/C17H16ClN5OS/c18-13-4-2-1-3-12(13)16-19-14(22-24-16)9-25-17-21-20-15(10-5-6-10)23(17)11-7-8-11/h1-4,10-11H,5-9H2. The lowest BCUT2D eigenvalue weighted by Crippen LogP contribution is -2.02. The van der Waals surface area contributed by atoms with Crippen LogP contribution in [0.5, 0.6) is 0 Å². The van der Waals surface area contributed by atoms with Gasteiger partial charge in [-0.05, 0) is 37.8 Å². The summed E-state index contributed by atoms with van der Waals surface area (Å²) in [7, 11) is 0. The molecule has 5 rings (SSSR count). The highest BCUT2D eigenvalue weighted by Crippen LogP contribution is 2.46. The molecule has 0 amide bonds. The van der Waals surface area contributed by atoms with Crippen LogP contribution >= 0.6 is 23.4 Å². The molecule has 0 radical (unpaired) electrons. The van der Waals surface area contributed by atoms with Crippen molar-refractivity contribution in [2.75, 3.05) is 0 Å². The lowest BCUT2D eigenvalue weighted by molar-refractivity contribution is 0.425. The van der Waals surface area contributed by atoms with Crippen LogP contribution in [0, 0.1) is 0 Å². The lowest BCUT2D eigenvalue weighted by atomic mass is 10.2. The van der Waals surface area contributed by atoms with E-state index in [4.69, 9.17) is 16.1 Å². The van der Waals surface area contributed by atoms with Crippen molar-refractivity contribution in [3.63, 3.8) is 0 Å². The van der Waals surface area contributed by atoms with E-state index in [0.717, 1.165) is 16.5 Å². The number of hydrogen-bond acceptors (Lipinski definition) is 6. The van der Waals surface area contributed by atoms with Crippen molar-refractivity contribution in [3.05, 3.63) is 40.9 Å². The summed E-state index contributed by atoms with van der Waals surface area (Å²) in [5.41, 5.74) is 0.755. The summed E-state index contributed by atoms with van der Waals surface area (Å²) >= 11 is 7.81. The van der Waals surface area contributed by atoms with E-state index in [0.29, 0.717) is 34.5 Å². The van der Waals surface area contributed by atoms with Gasteiger partial charge < -0.3 is 9.09 Å². The quantitative estimate of drug-likeness (QED) is 0.593. The molecule has 0 N–H and O–H groups in total. The van der Waals surface area contributed by atoms with Crippen molar-refractivity contribution in [1.29, 1.82) is 0 Å². The molecule has 2 aliphatic rings. The molecule has 2 saturated carbocycles. The fourth-order valence-corrected chi connectivity index (χ4v) is 3.94. The second-order valence-electron chi connectivity index (χ2n) is 6.50. The normalized spacial score (nSPS) is 17.2. The fourth-order valence-electron chi connectivity index (χ4n) is 2.87. The smallest absolute Gasteiger partial charge is 0.259 e. The number of nitrogens with zero attached hydrogens (tertiary/aromatic N) is 5. The van der Waals surface area contributed by atoms with E-state index in [1.54, 1.807) is 11.8 Å². The zero-order valence-electron chi connectivity index (χ0n) is 13.4. The Morgan fingerprint density at radius 2 is 2.00 bits per heavy atom. The molecule has 0 bridgehead atoms. The second kappa shape index (κ2) is 6.14. The minimum atomic E-state index is 0.448. The first-order valence-corrected chi connectivity index (χ1v) is 9.81. The monoisotopic (exact) mass is 373 g/mol. The summed E-state index contributed by atoms with van der Waals surface area (Å²) in [6, 6.07) is 8.04. The van der Waals surface area contributed by atoms with E-state index in [1.165, 1.54) is 25.7 Å². The Balaban J connectivity index is 1.33. The molecular weight excluding hydrogens is 358 g/mol. The van der Waals surface area contributed by atoms with Crippen molar-refractivity contribution >= 4 is 23.4 Å². The Morgan fingerprint density at radius 1 is 1.16 bits per heavy atom. The fraction of sp³-hybridized carbons (Fsp3) is 0.412. The van der Waals surface area contributed by atoms with E-state index >= 15 is 0 Å². The molecule has 2 aromatic heterocycles. The van der Waals surface area contributed by atoms with Crippen LogP contribution in [0.2, 0.25) is 5.02 Å². The topological polar surface area (TPSA) is 69.6 Å². The first-order valence-electron chi connectivity index (χ1n) is 8.44. The van der Waals surface area contributed by atoms with Gasteiger partial charge in [-0.15, -0.1) is 10.2 Å². The Bertz CT molecular complexity index is 915. The van der Waals surface area contributed by atoms with Crippen molar-refractivity contribution in [2.45, 2.75) is 48.6 Å². The highest BCUT2D eigenvalue weighted by molar-refractivity contribution is 7.98. The summed E-state index contributed by atoms with van der Waals surface area (Å²) in [5.74, 6) is 3.46. The number of hydrogen-bond donors (Lipinski definition) is 0. The van der Waals surface area contributed by atoms with Gasteiger partial charge in [-0.25, -0.2) is 0 Å². The van der Waals surface area contributed by atoms with Gasteiger partial charge in [-0.3, -0.25) is 0 Å². The molecule has 2 heterocycles. The predicted molar refractivity (Wildman–Crippen MR) is 94.6 cm³/mol. The van der Waals surface area contributed by atoms with E-state index in [2.05, 4.69) is 24.9 Å². The van der Waals surface area contributed by atoms with Gasteiger partial charge in [0, 0.05) is 12.0 Å². The lowest BCUT2D eigenvalue weighted by Gasteiger charge is -2.06. The van der Waals surface area contributed by atoms with E-state index in [1.807, 2.05) is 24.3 Å². The maximum absolute atomic E-state index is 6.19. The number of benzene rings is 1. The summed E-state index contributed by atoms with van der Waals surface area (Å²) in [6.07, 6.45) is 4.93. The number of halogens is 1. The Labute approximate surface area is 154 Å². The van der Waals surface area contributed by atoms with Crippen molar-refractivity contribution in [3.8, 4) is 11.5 Å². The molecule has 8 heteroatoms. The molecule has 25 heavy (non-hydrogen) atoms. The third-order valence-electron chi connectivity index (χ3n) is 4.45. The van der Waals surface area contributed by atoms with Crippen LogP contribution in [0.4, 0.5) is 0 Å². The van der Waals surface area contributed by atoms with Crippen LogP contribution in [0.25, 0.3) is 11.5 Å². The summed E-state index contributed by atoms with van der Waals surface area (Å²) < 4.78 is 7.69. The predicted octanol–water partition coefficient (Wildman–Crippen LogP) is 4.49. The Hall–Kier alpha value is -1.86. The molecule has 0 atom stereocenters.